The van der Waals surface area contributed by atoms with Crippen LogP contribution in [-0.4, -0.2) is 10.9 Å². The van der Waals surface area contributed by atoms with Gasteiger partial charge in [-0.15, -0.1) is 11.3 Å². The summed E-state index contributed by atoms with van der Waals surface area (Å²) in [6.07, 6.45) is 3.57. The Balaban J connectivity index is 1.43. The number of carbonyl (C=O) groups is 1. The van der Waals surface area contributed by atoms with Gasteiger partial charge >= 0.3 is 0 Å². The largest absolute Gasteiger partial charge is 0.349 e. The lowest BCUT2D eigenvalue weighted by Crippen LogP contribution is -2.32. The molecule has 0 spiro atoms. The highest BCUT2D eigenvalue weighted by Gasteiger charge is 2.21. The smallest absolute Gasteiger partial charge is 0.226 e. The number of thiazole rings is 1. The molecule has 132 valence electrons. The first-order valence-electron chi connectivity index (χ1n) is 9.07. The molecule has 4 rings (SSSR count). The van der Waals surface area contributed by atoms with Crippen LogP contribution < -0.4 is 5.32 Å². The lowest BCUT2D eigenvalue weighted by molar-refractivity contribution is -0.121. The summed E-state index contributed by atoms with van der Waals surface area (Å²) in [6.45, 7) is 2.08. The monoisotopic (exact) mass is 362 g/mol. The van der Waals surface area contributed by atoms with Gasteiger partial charge in [0.05, 0.1) is 18.2 Å². The molecule has 0 saturated carbocycles. The summed E-state index contributed by atoms with van der Waals surface area (Å²) in [5.74, 6) is 0.0489. The summed E-state index contributed by atoms with van der Waals surface area (Å²) in [5.41, 5.74) is 5.80. The van der Waals surface area contributed by atoms with Crippen molar-refractivity contribution in [1.29, 1.82) is 0 Å². The van der Waals surface area contributed by atoms with Crippen molar-refractivity contribution in [2.24, 2.45) is 0 Å². The minimum Gasteiger partial charge on any atom is -0.349 e. The Bertz CT molecular complexity index is 931. The van der Waals surface area contributed by atoms with Gasteiger partial charge in [0.1, 0.15) is 5.01 Å². The van der Waals surface area contributed by atoms with Gasteiger partial charge in [0.15, 0.2) is 0 Å². The van der Waals surface area contributed by atoms with Crippen LogP contribution in [0.25, 0.3) is 10.6 Å². The molecule has 4 heteroatoms. The van der Waals surface area contributed by atoms with Crippen LogP contribution in [0.5, 0.6) is 0 Å². The Hall–Kier alpha value is -2.46. The van der Waals surface area contributed by atoms with E-state index in [1.54, 1.807) is 11.3 Å². The molecule has 1 amide bonds. The van der Waals surface area contributed by atoms with E-state index in [-0.39, 0.29) is 11.9 Å². The Morgan fingerprint density at radius 3 is 3.00 bits per heavy atom. The Labute approximate surface area is 158 Å². The first-order chi connectivity index (χ1) is 12.7. The molecule has 1 aromatic heterocycles. The van der Waals surface area contributed by atoms with Gasteiger partial charge in [0, 0.05) is 10.9 Å². The van der Waals surface area contributed by atoms with Crippen LogP contribution in [0.1, 0.15) is 41.3 Å². The molecule has 3 aromatic rings. The fourth-order valence-electron chi connectivity index (χ4n) is 3.61. The highest BCUT2D eigenvalue weighted by molar-refractivity contribution is 7.13. The van der Waals surface area contributed by atoms with E-state index in [1.807, 2.05) is 11.4 Å². The summed E-state index contributed by atoms with van der Waals surface area (Å²) in [6, 6.07) is 16.9. The van der Waals surface area contributed by atoms with Crippen molar-refractivity contribution in [1.82, 2.24) is 10.3 Å². The molecule has 0 fully saturated rings. The van der Waals surface area contributed by atoms with Crippen LogP contribution in [0.3, 0.4) is 0 Å². The van der Waals surface area contributed by atoms with E-state index in [9.17, 15) is 4.79 Å². The second-order valence-corrected chi connectivity index (χ2v) is 7.76. The number of benzene rings is 2. The number of rotatable bonds is 4. The fraction of sp³-hybridized carbons (Fsp3) is 0.273. The maximum absolute atomic E-state index is 12.5. The minimum atomic E-state index is 0.0489. The van der Waals surface area contributed by atoms with Crippen LogP contribution in [0.4, 0.5) is 0 Å². The Kier molecular flexibility index (Phi) is 4.85. The normalized spacial score (nSPS) is 16.1. The number of fused-ring (bicyclic) bond motifs is 1. The van der Waals surface area contributed by atoms with Crippen LogP contribution >= 0.6 is 11.3 Å². The summed E-state index contributed by atoms with van der Waals surface area (Å²) >= 11 is 1.60. The first kappa shape index (κ1) is 17.0. The molecule has 1 aliphatic carbocycles. The predicted molar refractivity (Wildman–Crippen MR) is 106 cm³/mol. The molecule has 0 bridgehead atoms. The van der Waals surface area contributed by atoms with Crippen LogP contribution in [0, 0.1) is 6.92 Å². The Morgan fingerprint density at radius 2 is 2.12 bits per heavy atom. The highest BCUT2D eigenvalue weighted by Crippen LogP contribution is 2.29. The van der Waals surface area contributed by atoms with E-state index >= 15 is 0 Å². The van der Waals surface area contributed by atoms with E-state index < -0.39 is 0 Å². The SMILES string of the molecule is Cc1cccc(-c2nc(CC(=O)NC3CCCc4ccccc43)cs2)c1. The second kappa shape index (κ2) is 7.42. The molecule has 1 heterocycles. The van der Waals surface area contributed by atoms with Gasteiger partial charge in [-0.25, -0.2) is 4.98 Å². The third-order valence-corrected chi connectivity index (χ3v) is 5.80. The average Bonchev–Trinajstić information content (AvgIpc) is 3.10. The molecule has 1 aliphatic rings. The molecule has 1 unspecified atom stereocenters. The summed E-state index contributed by atoms with van der Waals surface area (Å²) < 4.78 is 0. The zero-order chi connectivity index (χ0) is 17.9. The maximum Gasteiger partial charge on any atom is 0.226 e. The second-order valence-electron chi connectivity index (χ2n) is 6.90. The van der Waals surface area contributed by atoms with Gasteiger partial charge in [-0.05, 0) is 43.4 Å². The molecule has 0 radical (unpaired) electrons. The van der Waals surface area contributed by atoms with Gasteiger partial charge < -0.3 is 5.32 Å². The van der Waals surface area contributed by atoms with Gasteiger partial charge in [0.25, 0.3) is 0 Å². The van der Waals surface area contributed by atoms with Crippen molar-refractivity contribution in [3.8, 4) is 10.6 Å². The molecular weight excluding hydrogens is 340 g/mol. The number of aromatic nitrogens is 1. The fourth-order valence-corrected chi connectivity index (χ4v) is 4.43. The van der Waals surface area contributed by atoms with Crippen molar-refractivity contribution < 1.29 is 4.79 Å². The Morgan fingerprint density at radius 1 is 1.23 bits per heavy atom. The molecule has 1 atom stereocenters. The van der Waals surface area contributed by atoms with E-state index in [0.717, 1.165) is 35.5 Å². The van der Waals surface area contributed by atoms with Crippen molar-refractivity contribution >= 4 is 17.2 Å². The topological polar surface area (TPSA) is 42.0 Å². The van der Waals surface area contributed by atoms with Crippen molar-refractivity contribution in [3.05, 3.63) is 76.3 Å². The third-order valence-electron chi connectivity index (χ3n) is 4.86. The quantitative estimate of drug-likeness (QED) is 0.720. The lowest BCUT2D eigenvalue weighted by atomic mass is 9.87. The van der Waals surface area contributed by atoms with Gasteiger partial charge in [-0.2, -0.15) is 0 Å². The minimum absolute atomic E-state index is 0.0489. The predicted octanol–water partition coefficient (Wildman–Crippen LogP) is 4.85. The summed E-state index contributed by atoms with van der Waals surface area (Å²) in [7, 11) is 0. The molecule has 0 aliphatic heterocycles. The van der Waals surface area contributed by atoms with Crippen molar-refractivity contribution in [2.75, 3.05) is 0 Å². The summed E-state index contributed by atoms with van der Waals surface area (Å²) in [4.78, 5) is 17.2. The average molecular weight is 362 g/mol. The number of hydrogen-bond acceptors (Lipinski definition) is 3. The maximum atomic E-state index is 12.5. The van der Waals surface area contributed by atoms with E-state index in [1.165, 1.54) is 16.7 Å². The van der Waals surface area contributed by atoms with Crippen LogP contribution in [0.15, 0.2) is 53.9 Å². The molecule has 26 heavy (non-hydrogen) atoms. The number of aryl methyl sites for hydroxylation is 2. The van der Waals surface area contributed by atoms with Crippen molar-refractivity contribution in [2.45, 2.75) is 38.6 Å². The third kappa shape index (κ3) is 3.70. The molecule has 0 saturated heterocycles. The number of carbonyl (C=O) groups excluding carboxylic acids is 1. The number of amides is 1. The number of hydrogen-bond donors (Lipinski definition) is 1. The zero-order valence-corrected chi connectivity index (χ0v) is 15.7. The number of nitrogens with one attached hydrogen (secondary N) is 1. The van der Waals surface area contributed by atoms with E-state index in [4.69, 9.17) is 0 Å². The molecule has 2 aromatic carbocycles. The van der Waals surface area contributed by atoms with E-state index in [0.29, 0.717) is 6.42 Å². The first-order valence-corrected chi connectivity index (χ1v) is 9.95. The lowest BCUT2D eigenvalue weighted by Gasteiger charge is -2.26. The summed E-state index contributed by atoms with van der Waals surface area (Å²) in [5, 5.41) is 6.17. The van der Waals surface area contributed by atoms with Gasteiger partial charge in [-0.3, -0.25) is 4.79 Å². The standard InChI is InChI=1S/C22H22N2OS/c1-15-6-4-9-17(12-15)22-23-18(14-26-22)13-21(25)24-20-11-5-8-16-7-2-3-10-19(16)20/h2-4,6-7,9-10,12,14,20H,5,8,11,13H2,1H3,(H,24,25). The number of nitrogens with zero attached hydrogens (tertiary/aromatic N) is 1. The zero-order valence-electron chi connectivity index (χ0n) is 14.9. The molecule has 1 N–H and O–H groups in total. The van der Waals surface area contributed by atoms with E-state index in [2.05, 4.69) is 59.7 Å². The van der Waals surface area contributed by atoms with Crippen LogP contribution in [-0.2, 0) is 17.6 Å². The van der Waals surface area contributed by atoms with Crippen molar-refractivity contribution in [3.63, 3.8) is 0 Å². The molecule has 3 nitrogen and oxygen atoms in total. The highest BCUT2D eigenvalue weighted by atomic mass is 32.1. The van der Waals surface area contributed by atoms with Gasteiger partial charge in [-0.1, -0.05) is 48.0 Å². The molecular formula is C22H22N2OS. The van der Waals surface area contributed by atoms with Gasteiger partial charge in [0.2, 0.25) is 5.91 Å². The van der Waals surface area contributed by atoms with Crippen LogP contribution in [0.2, 0.25) is 0 Å².